The number of nitrogens with two attached hydrogens (primary N) is 1. The van der Waals surface area contributed by atoms with Crippen molar-refractivity contribution < 1.29 is 24.2 Å². The Morgan fingerprint density at radius 3 is 2.89 bits per heavy atom. The highest BCUT2D eigenvalue weighted by atomic mass is 16.6. The third kappa shape index (κ3) is 3.17. The number of rotatable bonds is 6. The number of fused-ring (bicyclic) bond motifs is 4. The van der Waals surface area contributed by atoms with Gasteiger partial charge >= 0.3 is 11.9 Å². The van der Waals surface area contributed by atoms with Crippen molar-refractivity contribution in [2.45, 2.75) is 76.7 Å². The van der Waals surface area contributed by atoms with Gasteiger partial charge in [-0.05, 0) is 67.9 Å². The van der Waals surface area contributed by atoms with Gasteiger partial charge in [0.05, 0.1) is 11.0 Å². The topological polar surface area (TPSA) is 98.9 Å². The summed E-state index contributed by atoms with van der Waals surface area (Å²) in [6, 6.07) is 5.98. The molecule has 44 heavy (non-hydrogen) atoms. The van der Waals surface area contributed by atoms with E-state index in [1.165, 1.54) is 0 Å². The van der Waals surface area contributed by atoms with Gasteiger partial charge in [-0.3, -0.25) is 4.79 Å². The van der Waals surface area contributed by atoms with E-state index in [-0.39, 0.29) is 40.9 Å². The van der Waals surface area contributed by atoms with Crippen LogP contribution in [0.5, 0.6) is 0 Å². The molecule has 8 atom stereocenters. The van der Waals surface area contributed by atoms with Gasteiger partial charge in [-0.2, -0.15) is 0 Å². The van der Waals surface area contributed by atoms with Gasteiger partial charge in [-0.25, -0.2) is 4.79 Å². The molecule has 0 aromatic heterocycles. The number of carbonyl (C=O) groups excluding carboxylic acids is 2. The number of aryl methyl sites for hydroxylation is 1. The summed E-state index contributed by atoms with van der Waals surface area (Å²) < 4.78 is 13.0. The fourth-order valence-corrected chi connectivity index (χ4v) is 10.8. The smallest absolute Gasteiger partial charge is 0.339 e. The maximum atomic E-state index is 14.3. The molecule has 8 unspecified atom stereocenters. The molecule has 2 bridgehead atoms. The second-order valence-corrected chi connectivity index (χ2v) is 14.1. The SMILES string of the molecule is CCCC1C23C=CC4C#CCC(C56C=CC=CC5CCC6)CC(O)=C(OC2=O)C3(C4)C12OC(=O)c1c(CCCN)cccc12. The summed E-state index contributed by atoms with van der Waals surface area (Å²) in [5.74, 6) is 6.81. The summed E-state index contributed by atoms with van der Waals surface area (Å²) in [4.78, 5) is 28.3. The van der Waals surface area contributed by atoms with Crippen LogP contribution in [0.15, 0.2) is 66.2 Å². The lowest BCUT2D eigenvalue weighted by molar-refractivity contribution is -0.273. The number of hydrogen-bond acceptors (Lipinski definition) is 6. The minimum absolute atomic E-state index is 0.0628. The molecule has 1 saturated heterocycles. The van der Waals surface area contributed by atoms with Gasteiger partial charge in [-0.15, -0.1) is 5.92 Å². The van der Waals surface area contributed by atoms with E-state index in [2.05, 4.69) is 49.1 Å². The summed E-state index contributed by atoms with van der Waals surface area (Å²) in [6.07, 6.45) is 20.7. The Kier molecular flexibility index (Phi) is 6.17. The molecule has 6 nitrogen and oxygen atoms in total. The molecular formula is C38H41NO5. The molecule has 2 aliphatic heterocycles. The second-order valence-electron chi connectivity index (χ2n) is 14.1. The second kappa shape index (κ2) is 9.72. The van der Waals surface area contributed by atoms with Gasteiger partial charge in [0.1, 0.15) is 11.2 Å². The average molecular weight is 592 g/mol. The first kappa shape index (κ1) is 28.0. The Morgan fingerprint density at radius 2 is 2.05 bits per heavy atom. The Labute approximate surface area is 259 Å². The number of benzene rings is 1. The number of allylic oxidation sites excluding steroid dienone is 6. The maximum Gasteiger partial charge on any atom is 0.339 e. The van der Waals surface area contributed by atoms with Crippen molar-refractivity contribution in [1.82, 2.24) is 0 Å². The minimum atomic E-state index is -1.13. The fourth-order valence-electron chi connectivity index (χ4n) is 10.8. The predicted octanol–water partition coefficient (Wildman–Crippen LogP) is 6.57. The van der Waals surface area contributed by atoms with Gasteiger partial charge < -0.3 is 20.3 Å². The van der Waals surface area contributed by atoms with E-state index in [4.69, 9.17) is 15.2 Å². The van der Waals surface area contributed by atoms with Gasteiger partial charge in [0.25, 0.3) is 0 Å². The van der Waals surface area contributed by atoms with Gasteiger partial charge in [-0.1, -0.05) is 80.3 Å². The normalized spacial score (nSPS) is 40.5. The van der Waals surface area contributed by atoms with Gasteiger partial charge in [0.15, 0.2) is 11.4 Å². The van der Waals surface area contributed by atoms with Crippen LogP contribution in [0.25, 0.3) is 0 Å². The first-order valence-electron chi connectivity index (χ1n) is 16.6. The van der Waals surface area contributed by atoms with Crippen molar-refractivity contribution in [3.8, 4) is 11.8 Å². The number of esters is 2. The van der Waals surface area contributed by atoms with Crippen molar-refractivity contribution in [1.29, 1.82) is 0 Å². The van der Waals surface area contributed by atoms with Crippen molar-refractivity contribution in [3.63, 3.8) is 0 Å². The van der Waals surface area contributed by atoms with E-state index in [0.717, 1.165) is 43.2 Å². The van der Waals surface area contributed by atoms with E-state index in [9.17, 15) is 14.7 Å². The molecule has 0 amide bonds. The minimum Gasteiger partial charge on any atom is -0.509 e. The molecule has 2 saturated carbocycles. The third-order valence-corrected chi connectivity index (χ3v) is 12.4. The van der Waals surface area contributed by atoms with Crippen LogP contribution in [0.1, 0.15) is 86.2 Å². The first-order chi connectivity index (χ1) is 21.4. The molecule has 8 rings (SSSR count). The number of aliphatic hydroxyl groups excluding tert-OH is 1. The summed E-state index contributed by atoms with van der Waals surface area (Å²) in [7, 11) is 0. The van der Waals surface area contributed by atoms with Crippen LogP contribution in [-0.4, -0.2) is 23.6 Å². The van der Waals surface area contributed by atoms with Gasteiger partial charge in [0, 0.05) is 30.2 Å². The Bertz CT molecular complexity index is 1640. The van der Waals surface area contributed by atoms with Crippen LogP contribution >= 0.6 is 0 Å². The molecular weight excluding hydrogens is 550 g/mol. The molecule has 1 aromatic carbocycles. The quantitative estimate of drug-likeness (QED) is 0.220. The van der Waals surface area contributed by atoms with E-state index >= 15 is 0 Å². The lowest BCUT2D eigenvalue weighted by Crippen LogP contribution is -2.75. The molecule has 3 fully saturated rings. The Balaban J connectivity index is 1.35. The van der Waals surface area contributed by atoms with Crippen molar-refractivity contribution in [3.05, 3.63) is 82.9 Å². The van der Waals surface area contributed by atoms with Crippen molar-refractivity contribution in [2.24, 2.45) is 45.7 Å². The maximum absolute atomic E-state index is 14.3. The van der Waals surface area contributed by atoms with Crippen LogP contribution in [0.2, 0.25) is 0 Å². The lowest BCUT2D eigenvalue weighted by Gasteiger charge is -2.69. The molecule has 7 aliphatic rings. The van der Waals surface area contributed by atoms with Crippen LogP contribution in [-0.2, 0) is 26.3 Å². The predicted molar refractivity (Wildman–Crippen MR) is 166 cm³/mol. The molecule has 2 spiro atoms. The zero-order valence-corrected chi connectivity index (χ0v) is 25.4. The highest BCUT2D eigenvalue weighted by molar-refractivity contribution is 5.99. The van der Waals surface area contributed by atoms with E-state index < -0.39 is 16.4 Å². The largest absolute Gasteiger partial charge is 0.509 e. The molecule has 0 radical (unpaired) electrons. The first-order valence-corrected chi connectivity index (χ1v) is 16.6. The summed E-state index contributed by atoms with van der Waals surface area (Å²) >= 11 is 0. The molecule has 6 heteroatoms. The van der Waals surface area contributed by atoms with E-state index in [0.29, 0.717) is 55.9 Å². The Hall–Kier alpha value is -3.56. The summed E-state index contributed by atoms with van der Waals surface area (Å²) in [6.45, 7) is 2.62. The molecule has 5 aliphatic carbocycles. The molecule has 1 aromatic rings. The standard InChI is InChI=1S/C38H41NO5/c1-2-9-30-36-20-17-24-10-5-14-27(35-18-4-3-13-26(35)15-7-19-35)22-29(40)32(43-34(36)42)37(36,23-24)38(30)28-16-6-11-25(12-8-21-39)31(28)33(41)44-38/h3-4,6,11,13,16-18,20,24,26-27,30,40H,2,7-9,12,14-15,19,21-23,39H2,1H3. The van der Waals surface area contributed by atoms with Gasteiger partial charge in [0.2, 0.25) is 0 Å². The van der Waals surface area contributed by atoms with Crippen LogP contribution in [0.3, 0.4) is 0 Å². The molecule has 228 valence electrons. The lowest BCUT2D eigenvalue weighted by atomic mass is 9.31. The van der Waals surface area contributed by atoms with E-state index in [1.807, 2.05) is 24.3 Å². The number of aliphatic hydroxyl groups is 1. The van der Waals surface area contributed by atoms with Crippen LogP contribution in [0, 0.1) is 51.8 Å². The molecule has 3 N–H and O–H groups in total. The third-order valence-electron chi connectivity index (χ3n) is 12.4. The fraction of sp³-hybridized carbons (Fsp3) is 0.526. The zero-order chi connectivity index (χ0) is 30.3. The number of carbonyl (C=O) groups is 2. The highest BCUT2D eigenvalue weighted by Crippen LogP contribution is 2.84. The monoisotopic (exact) mass is 591 g/mol. The van der Waals surface area contributed by atoms with E-state index in [1.54, 1.807) is 0 Å². The van der Waals surface area contributed by atoms with Crippen LogP contribution in [0.4, 0.5) is 0 Å². The molecule has 2 heterocycles. The van der Waals surface area contributed by atoms with Crippen LogP contribution < -0.4 is 5.73 Å². The number of hydrogen-bond donors (Lipinski definition) is 2. The van der Waals surface area contributed by atoms with Crippen molar-refractivity contribution >= 4 is 11.9 Å². The number of ether oxygens (including phenoxy) is 2. The highest BCUT2D eigenvalue weighted by Gasteiger charge is 2.91. The average Bonchev–Trinajstić information content (AvgIpc) is 3.68. The summed E-state index contributed by atoms with van der Waals surface area (Å²) in [5, 5.41) is 12.3. The Morgan fingerprint density at radius 1 is 1.16 bits per heavy atom. The van der Waals surface area contributed by atoms with Crippen molar-refractivity contribution in [2.75, 3.05) is 6.54 Å². The zero-order valence-electron chi connectivity index (χ0n) is 25.4. The summed E-state index contributed by atoms with van der Waals surface area (Å²) in [5.41, 5.74) is 4.87.